The lowest BCUT2D eigenvalue weighted by Crippen LogP contribution is -2.55. The van der Waals surface area contributed by atoms with Crippen LogP contribution in [0.15, 0.2) is 59.2 Å². The molecule has 1 saturated heterocycles. The van der Waals surface area contributed by atoms with Crippen molar-refractivity contribution in [1.82, 2.24) is 0 Å². The molecule has 3 nitrogen and oxygen atoms in total. The van der Waals surface area contributed by atoms with E-state index in [1.165, 1.54) is 40.8 Å². The van der Waals surface area contributed by atoms with Gasteiger partial charge in [-0.05, 0) is 104 Å². The summed E-state index contributed by atoms with van der Waals surface area (Å²) in [5.41, 5.74) is 8.51. The molecule has 0 radical (unpaired) electrons. The largest absolute Gasteiger partial charge is 0.378 e. The van der Waals surface area contributed by atoms with Crippen molar-refractivity contribution in [1.29, 1.82) is 0 Å². The SMILES string of the molecule is C=C1CCCOC12CC[C@H]1[C@@H]3CCC4=CC(=O)CCC4=C3[C@@H](c3ccc(N(C)C)cc3)C[C@@]12C. The molecule has 1 aromatic carbocycles. The van der Waals surface area contributed by atoms with Crippen LogP contribution in [0.2, 0.25) is 0 Å². The number of anilines is 1. The lowest BCUT2D eigenvalue weighted by Gasteiger charge is -2.57. The van der Waals surface area contributed by atoms with Crippen molar-refractivity contribution in [2.45, 2.75) is 76.2 Å². The molecule has 1 aromatic rings. The van der Waals surface area contributed by atoms with Gasteiger partial charge in [0.05, 0.1) is 5.60 Å². The first kappa shape index (κ1) is 22.3. The Hall–Kier alpha value is -2.13. The molecule has 0 bridgehead atoms. The Morgan fingerprint density at radius 1 is 1.06 bits per heavy atom. The number of ketones is 1. The Balaban J connectivity index is 1.50. The van der Waals surface area contributed by atoms with Gasteiger partial charge in [0.2, 0.25) is 0 Å². The normalized spacial score (nSPS) is 37.3. The molecule has 34 heavy (non-hydrogen) atoms. The van der Waals surface area contributed by atoms with Gasteiger partial charge in [0.1, 0.15) is 0 Å². The van der Waals surface area contributed by atoms with E-state index in [0.717, 1.165) is 45.1 Å². The summed E-state index contributed by atoms with van der Waals surface area (Å²) in [7, 11) is 4.21. The zero-order chi connectivity index (χ0) is 23.7. The number of allylic oxidation sites excluding steroid dienone is 4. The monoisotopic (exact) mass is 457 g/mol. The van der Waals surface area contributed by atoms with Gasteiger partial charge in [-0.1, -0.05) is 31.2 Å². The third-order valence-electron chi connectivity index (χ3n) is 10.2. The van der Waals surface area contributed by atoms with E-state index < -0.39 is 0 Å². The van der Waals surface area contributed by atoms with Gasteiger partial charge >= 0.3 is 0 Å². The number of nitrogens with zero attached hydrogens (tertiary/aromatic N) is 1. The number of fused-ring (bicyclic) bond motifs is 5. The fourth-order valence-corrected chi connectivity index (χ4v) is 8.61. The Morgan fingerprint density at radius 2 is 1.85 bits per heavy atom. The Morgan fingerprint density at radius 3 is 2.59 bits per heavy atom. The highest BCUT2D eigenvalue weighted by molar-refractivity contribution is 5.93. The van der Waals surface area contributed by atoms with Crippen LogP contribution in [0.25, 0.3) is 0 Å². The lowest BCUT2D eigenvalue weighted by atomic mass is 9.50. The van der Waals surface area contributed by atoms with Crippen molar-refractivity contribution >= 4 is 11.5 Å². The maximum Gasteiger partial charge on any atom is 0.156 e. The maximum atomic E-state index is 12.3. The predicted molar refractivity (Wildman–Crippen MR) is 138 cm³/mol. The van der Waals surface area contributed by atoms with Crippen molar-refractivity contribution < 1.29 is 9.53 Å². The molecule has 6 rings (SSSR count). The molecule has 0 N–H and O–H groups in total. The van der Waals surface area contributed by atoms with Crippen LogP contribution in [0, 0.1) is 17.3 Å². The van der Waals surface area contributed by atoms with E-state index in [-0.39, 0.29) is 11.0 Å². The average molecular weight is 458 g/mol. The molecule has 1 spiro atoms. The van der Waals surface area contributed by atoms with Crippen LogP contribution in [-0.2, 0) is 9.53 Å². The highest BCUT2D eigenvalue weighted by Gasteiger charge is 2.65. The number of hydrogen-bond acceptors (Lipinski definition) is 3. The van der Waals surface area contributed by atoms with Crippen LogP contribution in [0.3, 0.4) is 0 Å². The van der Waals surface area contributed by atoms with Crippen LogP contribution < -0.4 is 4.90 Å². The summed E-state index contributed by atoms with van der Waals surface area (Å²) in [6, 6.07) is 9.26. The molecule has 2 saturated carbocycles. The first-order chi connectivity index (χ1) is 16.3. The topological polar surface area (TPSA) is 29.5 Å². The van der Waals surface area contributed by atoms with Gasteiger partial charge in [-0.15, -0.1) is 0 Å². The third kappa shape index (κ3) is 3.08. The van der Waals surface area contributed by atoms with E-state index in [2.05, 4.69) is 56.8 Å². The molecular weight excluding hydrogens is 418 g/mol. The quantitative estimate of drug-likeness (QED) is 0.460. The number of carbonyl (C=O) groups excluding carboxylic acids is 1. The molecular formula is C31H39NO2. The first-order valence-electron chi connectivity index (χ1n) is 13.4. The van der Waals surface area contributed by atoms with E-state index in [1.807, 2.05) is 6.08 Å². The van der Waals surface area contributed by atoms with Gasteiger partial charge in [-0.25, -0.2) is 0 Å². The molecule has 1 aliphatic heterocycles. The molecule has 5 aliphatic rings. The van der Waals surface area contributed by atoms with Gasteiger partial charge in [0, 0.05) is 44.1 Å². The van der Waals surface area contributed by atoms with E-state index in [4.69, 9.17) is 4.74 Å². The summed E-state index contributed by atoms with van der Waals surface area (Å²) in [5, 5.41) is 0. The van der Waals surface area contributed by atoms with Crippen LogP contribution in [-0.4, -0.2) is 32.1 Å². The van der Waals surface area contributed by atoms with Crippen molar-refractivity contribution in [3.63, 3.8) is 0 Å². The van der Waals surface area contributed by atoms with Gasteiger partial charge in [0.15, 0.2) is 5.78 Å². The Kier molecular flexibility index (Phi) is 5.22. The summed E-state index contributed by atoms with van der Waals surface area (Å²) >= 11 is 0. The zero-order valence-electron chi connectivity index (χ0n) is 21.2. The third-order valence-corrected chi connectivity index (χ3v) is 10.2. The highest BCUT2D eigenvalue weighted by Crippen LogP contribution is 2.69. The summed E-state index contributed by atoms with van der Waals surface area (Å²) in [6.07, 6.45) is 11.5. The summed E-state index contributed by atoms with van der Waals surface area (Å²) in [6.45, 7) is 8.02. The molecule has 0 amide bonds. The van der Waals surface area contributed by atoms with Gasteiger partial charge in [-0.3, -0.25) is 4.79 Å². The number of carbonyl (C=O) groups is 1. The molecule has 3 fully saturated rings. The molecule has 0 aromatic heterocycles. The van der Waals surface area contributed by atoms with Crippen LogP contribution in [0.1, 0.15) is 76.2 Å². The minimum absolute atomic E-state index is 0.107. The van der Waals surface area contributed by atoms with Crippen molar-refractivity contribution in [3.05, 3.63) is 64.8 Å². The van der Waals surface area contributed by atoms with E-state index in [9.17, 15) is 4.79 Å². The van der Waals surface area contributed by atoms with Crippen molar-refractivity contribution in [3.8, 4) is 0 Å². The smallest absolute Gasteiger partial charge is 0.156 e. The summed E-state index contributed by atoms with van der Waals surface area (Å²) < 4.78 is 6.77. The van der Waals surface area contributed by atoms with Crippen LogP contribution >= 0.6 is 0 Å². The number of benzene rings is 1. The van der Waals surface area contributed by atoms with Gasteiger partial charge < -0.3 is 9.64 Å². The fraction of sp³-hybridized carbons (Fsp3) is 0.581. The fourth-order valence-electron chi connectivity index (χ4n) is 8.61. The average Bonchev–Trinajstić information content (AvgIpc) is 3.12. The van der Waals surface area contributed by atoms with E-state index >= 15 is 0 Å². The highest BCUT2D eigenvalue weighted by atomic mass is 16.5. The number of rotatable bonds is 2. The minimum atomic E-state index is -0.160. The molecule has 180 valence electrons. The van der Waals surface area contributed by atoms with Gasteiger partial charge in [0.25, 0.3) is 0 Å². The molecule has 1 unspecified atom stereocenters. The van der Waals surface area contributed by atoms with E-state index in [0.29, 0.717) is 30.0 Å². The van der Waals surface area contributed by atoms with Crippen molar-refractivity contribution in [2.24, 2.45) is 17.3 Å². The van der Waals surface area contributed by atoms with Crippen LogP contribution in [0.5, 0.6) is 0 Å². The Bertz CT molecular complexity index is 1090. The van der Waals surface area contributed by atoms with E-state index in [1.54, 1.807) is 5.57 Å². The second-order valence-corrected chi connectivity index (χ2v) is 11.9. The number of ether oxygens (including phenoxy) is 1. The summed E-state index contributed by atoms with van der Waals surface area (Å²) in [4.78, 5) is 14.4. The number of hydrogen-bond donors (Lipinski definition) is 0. The standard InChI is InChI=1S/C31H39NO2/c1-20-6-5-17-34-31(20)16-15-28-26-13-9-22-18-24(33)12-14-25(22)29(26)27(19-30(28,31)2)21-7-10-23(11-8-21)32(3)4/h7-8,10-11,18,26-28H,1,5-6,9,12-17,19H2,2-4H3/t26-,27+,28-,30-,31?/m0/s1. The Labute approximate surface area is 204 Å². The predicted octanol–water partition coefficient (Wildman–Crippen LogP) is 6.76. The molecule has 3 heteroatoms. The van der Waals surface area contributed by atoms with Crippen molar-refractivity contribution in [2.75, 3.05) is 25.6 Å². The first-order valence-corrected chi connectivity index (χ1v) is 13.4. The van der Waals surface area contributed by atoms with Gasteiger partial charge in [-0.2, -0.15) is 0 Å². The zero-order valence-corrected chi connectivity index (χ0v) is 21.2. The lowest BCUT2D eigenvalue weighted by molar-refractivity contribution is -0.128. The second-order valence-electron chi connectivity index (χ2n) is 11.9. The molecule has 4 aliphatic carbocycles. The van der Waals surface area contributed by atoms with Crippen LogP contribution in [0.4, 0.5) is 5.69 Å². The maximum absolute atomic E-state index is 12.3. The molecule has 1 heterocycles. The second kappa shape index (κ2) is 7.95. The molecule has 5 atom stereocenters. The summed E-state index contributed by atoms with van der Waals surface area (Å²) in [5.74, 6) is 1.94. The minimum Gasteiger partial charge on any atom is -0.378 e.